The number of benzene rings is 2. The Hall–Kier alpha value is -3.32. The standard InChI is InChI=1S/C23H27N5O2/c1-26-16-19(15-25-26)14-24-21-7-5-20(6-8-21)23(30)28-11-9-27(10-12-28)17-18-3-2-4-22(29)13-18/h2-8,13,15-16,24,29H,9-12,14,17H2,1H3. The zero-order valence-electron chi connectivity index (χ0n) is 17.2. The Morgan fingerprint density at radius 3 is 2.50 bits per heavy atom. The molecule has 1 fully saturated rings. The van der Waals surface area contributed by atoms with Gasteiger partial charge in [-0.1, -0.05) is 12.1 Å². The number of phenolic OH excluding ortho intramolecular Hbond substituents is 1. The minimum Gasteiger partial charge on any atom is -0.508 e. The molecular weight excluding hydrogens is 378 g/mol. The van der Waals surface area contributed by atoms with Crippen LogP contribution in [0.1, 0.15) is 21.5 Å². The second-order valence-corrected chi connectivity index (χ2v) is 7.69. The number of amides is 1. The van der Waals surface area contributed by atoms with E-state index in [1.165, 1.54) is 0 Å². The minimum absolute atomic E-state index is 0.0748. The lowest BCUT2D eigenvalue weighted by atomic mass is 10.1. The number of nitrogens with one attached hydrogen (secondary N) is 1. The highest BCUT2D eigenvalue weighted by molar-refractivity contribution is 5.94. The lowest BCUT2D eigenvalue weighted by Gasteiger charge is -2.34. The quantitative estimate of drug-likeness (QED) is 0.660. The molecular formula is C23H27N5O2. The molecule has 3 aromatic rings. The van der Waals surface area contributed by atoms with Crippen molar-refractivity contribution in [2.24, 2.45) is 7.05 Å². The summed E-state index contributed by atoms with van der Waals surface area (Å²) in [6.07, 6.45) is 3.82. The molecule has 1 aromatic heterocycles. The highest BCUT2D eigenvalue weighted by Crippen LogP contribution is 2.17. The van der Waals surface area contributed by atoms with Gasteiger partial charge in [0.15, 0.2) is 0 Å². The maximum atomic E-state index is 12.8. The molecule has 2 aromatic carbocycles. The summed E-state index contributed by atoms with van der Waals surface area (Å²) in [5.41, 5.74) is 3.89. The maximum absolute atomic E-state index is 12.8. The number of piperazine rings is 1. The van der Waals surface area contributed by atoms with E-state index < -0.39 is 0 Å². The first-order valence-corrected chi connectivity index (χ1v) is 10.2. The number of aromatic hydroxyl groups is 1. The lowest BCUT2D eigenvalue weighted by Crippen LogP contribution is -2.48. The Balaban J connectivity index is 1.27. The van der Waals surface area contributed by atoms with Crippen LogP contribution in [0.15, 0.2) is 60.9 Å². The van der Waals surface area contributed by atoms with E-state index in [0.29, 0.717) is 30.9 Å². The summed E-state index contributed by atoms with van der Waals surface area (Å²) in [4.78, 5) is 17.1. The van der Waals surface area contributed by atoms with Gasteiger partial charge in [-0.25, -0.2) is 0 Å². The first-order chi connectivity index (χ1) is 14.6. The van der Waals surface area contributed by atoms with Crippen molar-refractivity contribution < 1.29 is 9.90 Å². The van der Waals surface area contributed by atoms with E-state index in [1.54, 1.807) is 16.8 Å². The van der Waals surface area contributed by atoms with Gasteiger partial charge in [-0.3, -0.25) is 14.4 Å². The summed E-state index contributed by atoms with van der Waals surface area (Å²) < 4.78 is 1.78. The molecule has 0 bridgehead atoms. The van der Waals surface area contributed by atoms with Crippen LogP contribution in [-0.2, 0) is 20.1 Å². The van der Waals surface area contributed by atoms with E-state index in [4.69, 9.17) is 0 Å². The number of carbonyl (C=O) groups excluding carboxylic acids is 1. The molecule has 0 unspecified atom stereocenters. The third-order valence-electron chi connectivity index (χ3n) is 5.36. The van der Waals surface area contributed by atoms with E-state index in [2.05, 4.69) is 15.3 Å². The van der Waals surface area contributed by atoms with E-state index in [-0.39, 0.29) is 5.91 Å². The Labute approximate surface area is 176 Å². The smallest absolute Gasteiger partial charge is 0.253 e. The molecule has 1 aliphatic rings. The molecule has 1 saturated heterocycles. The summed E-state index contributed by atoms with van der Waals surface area (Å²) >= 11 is 0. The highest BCUT2D eigenvalue weighted by Gasteiger charge is 2.22. The number of phenols is 1. The third-order valence-corrected chi connectivity index (χ3v) is 5.36. The summed E-state index contributed by atoms with van der Waals surface area (Å²) in [5, 5.41) is 17.1. The fraction of sp³-hybridized carbons (Fsp3) is 0.304. The Morgan fingerprint density at radius 2 is 1.83 bits per heavy atom. The average molecular weight is 406 g/mol. The molecule has 30 heavy (non-hydrogen) atoms. The molecule has 2 N–H and O–H groups in total. The van der Waals surface area contributed by atoms with Crippen LogP contribution >= 0.6 is 0 Å². The van der Waals surface area contributed by atoms with Crippen LogP contribution in [0.3, 0.4) is 0 Å². The van der Waals surface area contributed by atoms with Crippen LogP contribution in [0.5, 0.6) is 5.75 Å². The Kier molecular flexibility index (Phi) is 5.99. The van der Waals surface area contributed by atoms with Gasteiger partial charge >= 0.3 is 0 Å². The van der Waals surface area contributed by atoms with Gasteiger partial charge in [-0.05, 0) is 42.0 Å². The predicted octanol–water partition coefficient (Wildman–Crippen LogP) is 2.70. The molecule has 0 atom stereocenters. The minimum atomic E-state index is 0.0748. The zero-order chi connectivity index (χ0) is 20.9. The van der Waals surface area contributed by atoms with Crippen LogP contribution < -0.4 is 5.32 Å². The molecule has 2 heterocycles. The van der Waals surface area contributed by atoms with Crippen molar-refractivity contribution >= 4 is 11.6 Å². The van der Waals surface area contributed by atoms with Gasteiger partial charge < -0.3 is 15.3 Å². The van der Waals surface area contributed by atoms with Crippen molar-refractivity contribution in [1.82, 2.24) is 19.6 Å². The molecule has 7 nitrogen and oxygen atoms in total. The molecule has 0 saturated carbocycles. The van der Waals surface area contributed by atoms with E-state index in [0.717, 1.165) is 36.4 Å². The predicted molar refractivity (Wildman–Crippen MR) is 116 cm³/mol. The second kappa shape index (κ2) is 9.00. The van der Waals surface area contributed by atoms with Gasteiger partial charge in [-0.2, -0.15) is 5.10 Å². The molecule has 4 rings (SSSR count). The van der Waals surface area contributed by atoms with E-state index in [1.807, 2.05) is 60.7 Å². The number of nitrogens with zero attached hydrogens (tertiary/aromatic N) is 4. The van der Waals surface area contributed by atoms with Gasteiger partial charge in [0, 0.05) is 69.3 Å². The van der Waals surface area contributed by atoms with E-state index in [9.17, 15) is 9.90 Å². The molecule has 1 amide bonds. The number of carbonyl (C=O) groups is 1. The zero-order valence-corrected chi connectivity index (χ0v) is 17.2. The fourth-order valence-electron chi connectivity index (χ4n) is 3.70. The van der Waals surface area contributed by atoms with Gasteiger partial charge in [0.05, 0.1) is 6.20 Å². The van der Waals surface area contributed by atoms with Crippen molar-refractivity contribution in [3.63, 3.8) is 0 Å². The van der Waals surface area contributed by atoms with Crippen LogP contribution in [0.25, 0.3) is 0 Å². The number of hydrogen-bond donors (Lipinski definition) is 2. The third kappa shape index (κ3) is 4.99. The second-order valence-electron chi connectivity index (χ2n) is 7.69. The highest BCUT2D eigenvalue weighted by atomic mass is 16.3. The average Bonchev–Trinajstić information content (AvgIpc) is 3.18. The first-order valence-electron chi connectivity index (χ1n) is 10.2. The molecule has 0 spiro atoms. The summed E-state index contributed by atoms with van der Waals surface area (Å²) in [6.45, 7) is 4.55. The maximum Gasteiger partial charge on any atom is 0.253 e. The van der Waals surface area contributed by atoms with Crippen molar-refractivity contribution in [3.8, 4) is 5.75 Å². The van der Waals surface area contributed by atoms with Crippen molar-refractivity contribution in [2.45, 2.75) is 13.1 Å². The molecule has 0 aliphatic carbocycles. The fourth-order valence-corrected chi connectivity index (χ4v) is 3.70. The monoisotopic (exact) mass is 405 g/mol. The van der Waals surface area contributed by atoms with Crippen LogP contribution in [0, 0.1) is 0 Å². The van der Waals surface area contributed by atoms with Gasteiger partial charge in [0.1, 0.15) is 5.75 Å². The number of anilines is 1. The van der Waals surface area contributed by atoms with Crippen LogP contribution in [-0.4, -0.2) is 56.8 Å². The number of rotatable bonds is 6. The van der Waals surface area contributed by atoms with Crippen molar-refractivity contribution in [2.75, 3.05) is 31.5 Å². The molecule has 7 heteroatoms. The summed E-state index contributed by atoms with van der Waals surface area (Å²) in [7, 11) is 1.90. The number of hydrogen-bond acceptors (Lipinski definition) is 5. The number of aromatic nitrogens is 2. The SMILES string of the molecule is Cn1cc(CNc2ccc(C(=O)N3CCN(Cc4cccc(O)c4)CC3)cc2)cn1. The normalized spacial score (nSPS) is 14.6. The largest absolute Gasteiger partial charge is 0.508 e. The van der Waals surface area contributed by atoms with Crippen molar-refractivity contribution in [1.29, 1.82) is 0 Å². The van der Waals surface area contributed by atoms with E-state index >= 15 is 0 Å². The van der Waals surface area contributed by atoms with Gasteiger partial charge in [-0.15, -0.1) is 0 Å². The molecule has 156 valence electrons. The molecule has 0 radical (unpaired) electrons. The van der Waals surface area contributed by atoms with Crippen molar-refractivity contribution in [3.05, 3.63) is 77.6 Å². The Morgan fingerprint density at radius 1 is 1.07 bits per heavy atom. The number of aryl methyl sites for hydroxylation is 1. The lowest BCUT2D eigenvalue weighted by molar-refractivity contribution is 0.0628. The summed E-state index contributed by atoms with van der Waals surface area (Å²) in [5.74, 6) is 0.366. The van der Waals surface area contributed by atoms with Gasteiger partial charge in [0.25, 0.3) is 5.91 Å². The molecule has 1 aliphatic heterocycles. The van der Waals surface area contributed by atoms with Crippen LogP contribution in [0.2, 0.25) is 0 Å². The summed E-state index contributed by atoms with van der Waals surface area (Å²) in [6, 6.07) is 15.0. The Bertz CT molecular complexity index is 991. The first kappa shape index (κ1) is 20.0. The van der Waals surface area contributed by atoms with Crippen LogP contribution in [0.4, 0.5) is 5.69 Å². The van der Waals surface area contributed by atoms with Gasteiger partial charge in [0.2, 0.25) is 0 Å². The topological polar surface area (TPSA) is 73.6 Å².